The first-order valence-electron chi connectivity index (χ1n) is 11.1. The van der Waals surface area contributed by atoms with Crippen molar-refractivity contribution in [3.63, 3.8) is 0 Å². The summed E-state index contributed by atoms with van der Waals surface area (Å²) in [7, 11) is 0. The van der Waals surface area contributed by atoms with E-state index in [0.717, 1.165) is 38.0 Å². The predicted octanol–water partition coefficient (Wildman–Crippen LogP) is 4.31. The topological polar surface area (TPSA) is 79.7 Å². The van der Waals surface area contributed by atoms with Gasteiger partial charge in [0, 0.05) is 18.9 Å². The van der Waals surface area contributed by atoms with Gasteiger partial charge in [-0.25, -0.2) is 14.6 Å². The van der Waals surface area contributed by atoms with Gasteiger partial charge in [-0.05, 0) is 74.0 Å². The zero-order chi connectivity index (χ0) is 22.8. The van der Waals surface area contributed by atoms with E-state index in [2.05, 4.69) is 31.0 Å². The Bertz CT molecular complexity index is 1330. The summed E-state index contributed by atoms with van der Waals surface area (Å²) in [6.45, 7) is 3.18. The van der Waals surface area contributed by atoms with Crippen molar-refractivity contribution in [1.82, 2.24) is 29.6 Å². The standard InChI is InChI=1S/C24H24Cl2N6O/c25-20-2-1-17(12-21(20)26)11-16-4-8-31(9-5-16)10-6-18-13-30-32(14-18)23-22-19(3-7-27-23)24(33)29-15-28-22/h1-3,7,12-16H,4-6,8-11H2,(H,28,29,33). The second-order valence-corrected chi connectivity index (χ2v) is 9.36. The number of likely N-dealkylation sites (tertiary alicyclic amines) is 1. The van der Waals surface area contributed by atoms with Gasteiger partial charge in [-0.15, -0.1) is 0 Å². The molecule has 1 aliphatic heterocycles. The molecule has 0 atom stereocenters. The number of pyridine rings is 1. The fourth-order valence-electron chi connectivity index (χ4n) is 4.46. The van der Waals surface area contributed by atoms with Gasteiger partial charge >= 0.3 is 0 Å². The second kappa shape index (κ2) is 9.63. The third-order valence-electron chi connectivity index (χ3n) is 6.32. The van der Waals surface area contributed by atoms with Gasteiger partial charge in [0.15, 0.2) is 5.82 Å². The fourth-order valence-corrected chi connectivity index (χ4v) is 4.78. The van der Waals surface area contributed by atoms with Crippen molar-refractivity contribution < 1.29 is 0 Å². The number of nitrogens with zero attached hydrogens (tertiary/aromatic N) is 5. The van der Waals surface area contributed by atoms with Gasteiger partial charge in [0.25, 0.3) is 5.56 Å². The average Bonchev–Trinajstić information content (AvgIpc) is 3.30. The van der Waals surface area contributed by atoms with Crippen LogP contribution in [0.4, 0.5) is 0 Å². The zero-order valence-corrected chi connectivity index (χ0v) is 19.6. The summed E-state index contributed by atoms with van der Waals surface area (Å²) >= 11 is 12.2. The van der Waals surface area contributed by atoms with Crippen molar-refractivity contribution in [3.05, 3.63) is 80.7 Å². The van der Waals surface area contributed by atoms with Crippen LogP contribution >= 0.6 is 23.2 Å². The first-order valence-corrected chi connectivity index (χ1v) is 11.8. The van der Waals surface area contributed by atoms with Crippen molar-refractivity contribution >= 4 is 34.1 Å². The van der Waals surface area contributed by atoms with Gasteiger partial charge in [0.05, 0.1) is 28.0 Å². The first-order chi connectivity index (χ1) is 16.1. The van der Waals surface area contributed by atoms with E-state index in [4.69, 9.17) is 23.2 Å². The highest BCUT2D eigenvalue weighted by atomic mass is 35.5. The molecule has 1 N–H and O–H groups in total. The minimum Gasteiger partial charge on any atom is -0.313 e. The quantitative estimate of drug-likeness (QED) is 0.442. The van der Waals surface area contributed by atoms with Gasteiger partial charge in [0.2, 0.25) is 0 Å². The maximum absolute atomic E-state index is 12.0. The maximum atomic E-state index is 12.0. The Morgan fingerprint density at radius 2 is 1.91 bits per heavy atom. The van der Waals surface area contributed by atoms with Gasteiger partial charge in [-0.2, -0.15) is 5.10 Å². The summed E-state index contributed by atoms with van der Waals surface area (Å²) in [4.78, 5) is 25.8. The largest absolute Gasteiger partial charge is 0.313 e. The van der Waals surface area contributed by atoms with Gasteiger partial charge in [0.1, 0.15) is 5.52 Å². The molecule has 9 heteroatoms. The lowest BCUT2D eigenvalue weighted by Crippen LogP contribution is -2.35. The van der Waals surface area contributed by atoms with Crippen LogP contribution in [0.1, 0.15) is 24.0 Å². The molecule has 0 bridgehead atoms. The molecule has 1 fully saturated rings. The number of fused-ring (bicyclic) bond motifs is 1. The van der Waals surface area contributed by atoms with E-state index in [0.29, 0.717) is 32.7 Å². The van der Waals surface area contributed by atoms with Crippen molar-refractivity contribution in [3.8, 4) is 5.82 Å². The molecule has 0 spiro atoms. The molecule has 4 aromatic rings. The third kappa shape index (κ3) is 4.95. The number of aromatic nitrogens is 5. The maximum Gasteiger partial charge on any atom is 0.258 e. The Balaban J connectivity index is 1.16. The van der Waals surface area contributed by atoms with Crippen LogP contribution in [0.25, 0.3) is 16.7 Å². The van der Waals surface area contributed by atoms with Gasteiger partial charge in [-0.3, -0.25) is 4.79 Å². The Labute approximate surface area is 201 Å². The Kier molecular flexibility index (Phi) is 6.44. The molecular weight excluding hydrogens is 459 g/mol. The zero-order valence-electron chi connectivity index (χ0n) is 18.0. The normalized spacial score (nSPS) is 15.3. The molecule has 33 heavy (non-hydrogen) atoms. The van der Waals surface area contributed by atoms with Crippen LogP contribution in [0.3, 0.4) is 0 Å². The molecule has 1 saturated heterocycles. The highest BCUT2D eigenvalue weighted by Gasteiger charge is 2.20. The van der Waals surface area contributed by atoms with E-state index >= 15 is 0 Å². The molecule has 7 nitrogen and oxygen atoms in total. The van der Waals surface area contributed by atoms with Crippen molar-refractivity contribution in [2.75, 3.05) is 19.6 Å². The lowest BCUT2D eigenvalue weighted by atomic mass is 9.90. The SMILES string of the molecule is O=c1[nH]cnc2c(-n3cc(CCN4CCC(Cc5ccc(Cl)c(Cl)c5)CC4)cn3)nccc12. The Morgan fingerprint density at radius 3 is 2.73 bits per heavy atom. The lowest BCUT2D eigenvalue weighted by molar-refractivity contribution is 0.186. The van der Waals surface area contributed by atoms with Crippen molar-refractivity contribution in [2.24, 2.45) is 5.92 Å². The van der Waals surface area contributed by atoms with E-state index in [9.17, 15) is 4.79 Å². The highest BCUT2D eigenvalue weighted by Crippen LogP contribution is 2.27. The monoisotopic (exact) mass is 482 g/mol. The number of benzene rings is 1. The minimum absolute atomic E-state index is 0.182. The molecule has 3 aromatic heterocycles. The number of hydrogen-bond donors (Lipinski definition) is 1. The summed E-state index contributed by atoms with van der Waals surface area (Å²) < 4.78 is 1.70. The lowest BCUT2D eigenvalue weighted by Gasteiger charge is -2.32. The first kappa shape index (κ1) is 22.1. The molecular formula is C24H24Cl2N6O. The van der Waals surface area contributed by atoms with Crippen LogP contribution in [-0.2, 0) is 12.8 Å². The van der Waals surface area contributed by atoms with Crippen LogP contribution in [-0.4, -0.2) is 49.3 Å². The number of piperidine rings is 1. The van der Waals surface area contributed by atoms with Gasteiger partial charge < -0.3 is 9.88 Å². The summed E-state index contributed by atoms with van der Waals surface area (Å²) in [5, 5.41) is 6.21. The molecule has 5 rings (SSSR count). The van der Waals surface area contributed by atoms with E-state index in [-0.39, 0.29) is 5.56 Å². The second-order valence-electron chi connectivity index (χ2n) is 8.54. The Hall–Kier alpha value is -2.74. The molecule has 170 valence electrons. The number of halogens is 2. The predicted molar refractivity (Wildman–Crippen MR) is 130 cm³/mol. The van der Waals surface area contributed by atoms with Crippen LogP contribution in [0.2, 0.25) is 10.0 Å². The molecule has 0 amide bonds. The molecule has 0 saturated carbocycles. The summed E-state index contributed by atoms with van der Waals surface area (Å²) in [5.74, 6) is 1.24. The van der Waals surface area contributed by atoms with Crippen LogP contribution in [0, 0.1) is 5.92 Å². The van der Waals surface area contributed by atoms with E-state index in [1.807, 2.05) is 24.5 Å². The highest BCUT2D eigenvalue weighted by molar-refractivity contribution is 6.42. The summed E-state index contributed by atoms with van der Waals surface area (Å²) in [6.07, 6.45) is 11.2. The molecule has 1 aliphatic rings. The van der Waals surface area contributed by atoms with E-state index < -0.39 is 0 Å². The third-order valence-corrected chi connectivity index (χ3v) is 7.06. The van der Waals surface area contributed by atoms with E-state index in [1.165, 1.54) is 24.7 Å². The van der Waals surface area contributed by atoms with Crippen LogP contribution in [0.5, 0.6) is 0 Å². The molecule has 1 aromatic carbocycles. The van der Waals surface area contributed by atoms with Gasteiger partial charge in [-0.1, -0.05) is 29.3 Å². The number of nitrogens with one attached hydrogen (secondary N) is 1. The number of hydrogen-bond acceptors (Lipinski definition) is 5. The minimum atomic E-state index is -0.182. The fraction of sp³-hybridized carbons (Fsp3) is 0.333. The molecule has 0 unspecified atom stereocenters. The molecule has 0 radical (unpaired) electrons. The number of aromatic amines is 1. The van der Waals surface area contributed by atoms with E-state index in [1.54, 1.807) is 16.9 Å². The van der Waals surface area contributed by atoms with Crippen molar-refractivity contribution in [1.29, 1.82) is 0 Å². The van der Waals surface area contributed by atoms with Crippen LogP contribution in [0.15, 0.2) is 54.0 Å². The average molecular weight is 483 g/mol. The number of H-pyrrole nitrogens is 1. The summed E-state index contributed by atoms with van der Waals surface area (Å²) in [6, 6.07) is 7.62. The van der Waals surface area contributed by atoms with Crippen molar-refractivity contribution in [2.45, 2.75) is 25.7 Å². The Morgan fingerprint density at radius 1 is 1.06 bits per heavy atom. The molecule has 4 heterocycles. The molecule has 0 aliphatic carbocycles. The smallest absolute Gasteiger partial charge is 0.258 e. The summed E-state index contributed by atoms with van der Waals surface area (Å²) in [5.41, 5.74) is 2.75. The number of rotatable bonds is 6. The van der Waals surface area contributed by atoms with Crippen LogP contribution < -0.4 is 5.56 Å².